The van der Waals surface area contributed by atoms with Crippen LogP contribution < -0.4 is 10.6 Å². The maximum absolute atomic E-state index is 7.60. The van der Waals surface area contributed by atoms with Gasteiger partial charge in [-0.3, -0.25) is 5.41 Å². The minimum atomic E-state index is 0.140. The van der Waals surface area contributed by atoms with Gasteiger partial charge in [-0.1, -0.05) is 67.1 Å². The average Bonchev–Trinajstić information content (AvgIpc) is 2.75. The number of anilines is 1. The third-order valence-corrected chi connectivity index (χ3v) is 6.20. The zero-order valence-corrected chi connectivity index (χ0v) is 16.6. The van der Waals surface area contributed by atoms with Crippen LogP contribution in [0.3, 0.4) is 0 Å². The van der Waals surface area contributed by atoms with Gasteiger partial charge in [0.15, 0.2) is 0 Å². The summed E-state index contributed by atoms with van der Waals surface area (Å²) in [5.74, 6) is 0.713. The minimum Gasteiger partial charge on any atom is -0.384 e. The van der Waals surface area contributed by atoms with Crippen LogP contribution in [0, 0.1) is 5.41 Å². The molecule has 0 heterocycles. The van der Waals surface area contributed by atoms with E-state index in [9.17, 15) is 0 Å². The largest absolute Gasteiger partial charge is 0.384 e. The van der Waals surface area contributed by atoms with E-state index in [2.05, 4.69) is 66.4 Å². The van der Waals surface area contributed by atoms with E-state index in [0.717, 1.165) is 12.1 Å². The number of rotatable bonds is 5. The Hall–Kier alpha value is -2.81. The van der Waals surface area contributed by atoms with Crippen LogP contribution in [0.1, 0.15) is 49.7 Å². The van der Waals surface area contributed by atoms with Crippen molar-refractivity contribution in [2.75, 3.05) is 11.4 Å². The van der Waals surface area contributed by atoms with Crippen LogP contribution in [-0.4, -0.2) is 18.4 Å². The SMILES string of the molecule is CCN(c1cccc2ccccc12)C1CCCC(c2ccc(C(=N)N)cc2)C1. The van der Waals surface area contributed by atoms with E-state index >= 15 is 0 Å². The molecule has 3 nitrogen and oxygen atoms in total. The Bertz CT molecular complexity index is 956. The summed E-state index contributed by atoms with van der Waals surface area (Å²) in [6.45, 7) is 3.29. The standard InChI is InChI=1S/C25H29N3/c1-2-28(24-12-6-8-19-7-3-4-11-23(19)24)22-10-5-9-21(17-22)18-13-15-20(16-14-18)25(26)27/h3-4,6-8,11-16,21-22H,2,5,9-10,17H2,1H3,(H3,26,27). The van der Waals surface area contributed by atoms with Crippen molar-refractivity contribution in [3.8, 4) is 0 Å². The van der Waals surface area contributed by atoms with Crippen molar-refractivity contribution >= 4 is 22.3 Å². The van der Waals surface area contributed by atoms with E-state index in [1.165, 1.54) is 47.7 Å². The molecule has 0 aromatic heterocycles. The molecule has 0 spiro atoms. The first-order chi connectivity index (χ1) is 13.7. The third kappa shape index (κ3) is 3.62. The van der Waals surface area contributed by atoms with E-state index in [-0.39, 0.29) is 5.84 Å². The molecule has 0 saturated heterocycles. The summed E-state index contributed by atoms with van der Waals surface area (Å²) in [5.41, 5.74) is 9.15. The second-order valence-corrected chi connectivity index (χ2v) is 7.84. The molecule has 4 rings (SSSR count). The summed E-state index contributed by atoms with van der Waals surface area (Å²) in [6.07, 6.45) is 4.92. The van der Waals surface area contributed by atoms with Gasteiger partial charge in [0, 0.05) is 29.2 Å². The van der Waals surface area contributed by atoms with Gasteiger partial charge in [0.1, 0.15) is 5.84 Å². The van der Waals surface area contributed by atoms with Crippen molar-refractivity contribution in [1.29, 1.82) is 5.41 Å². The van der Waals surface area contributed by atoms with E-state index in [1.54, 1.807) is 0 Å². The fraction of sp³-hybridized carbons (Fsp3) is 0.320. The average molecular weight is 372 g/mol. The molecular weight excluding hydrogens is 342 g/mol. The Morgan fingerprint density at radius 3 is 2.50 bits per heavy atom. The highest BCUT2D eigenvalue weighted by Crippen LogP contribution is 2.38. The quantitative estimate of drug-likeness (QED) is 0.448. The molecule has 1 aliphatic carbocycles. The van der Waals surface area contributed by atoms with Gasteiger partial charge >= 0.3 is 0 Å². The van der Waals surface area contributed by atoms with Crippen molar-refractivity contribution < 1.29 is 0 Å². The fourth-order valence-electron chi connectivity index (χ4n) is 4.77. The van der Waals surface area contributed by atoms with Gasteiger partial charge in [0.2, 0.25) is 0 Å². The number of benzene rings is 3. The first-order valence-corrected chi connectivity index (χ1v) is 10.4. The highest BCUT2D eigenvalue weighted by molar-refractivity contribution is 5.95. The summed E-state index contributed by atoms with van der Waals surface area (Å²) in [7, 11) is 0. The van der Waals surface area contributed by atoms with Gasteiger partial charge in [0.25, 0.3) is 0 Å². The Balaban J connectivity index is 1.59. The second kappa shape index (κ2) is 8.05. The number of amidine groups is 1. The molecule has 3 aromatic carbocycles. The number of fused-ring (bicyclic) bond motifs is 1. The lowest BCUT2D eigenvalue weighted by molar-refractivity contribution is 0.376. The van der Waals surface area contributed by atoms with E-state index in [4.69, 9.17) is 11.1 Å². The van der Waals surface area contributed by atoms with Gasteiger partial charge in [-0.15, -0.1) is 0 Å². The molecule has 1 aliphatic rings. The Kier molecular flexibility index (Phi) is 5.34. The second-order valence-electron chi connectivity index (χ2n) is 7.84. The minimum absolute atomic E-state index is 0.140. The Labute approximate surface area is 167 Å². The van der Waals surface area contributed by atoms with Gasteiger partial charge < -0.3 is 10.6 Å². The number of hydrogen-bond acceptors (Lipinski definition) is 2. The van der Waals surface area contributed by atoms with Crippen molar-refractivity contribution in [3.05, 3.63) is 77.9 Å². The number of hydrogen-bond donors (Lipinski definition) is 2. The van der Waals surface area contributed by atoms with Crippen molar-refractivity contribution in [3.63, 3.8) is 0 Å². The molecule has 3 N–H and O–H groups in total. The summed E-state index contributed by atoms with van der Waals surface area (Å²) < 4.78 is 0. The molecule has 0 aliphatic heterocycles. The Morgan fingerprint density at radius 1 is 1.00 bits per heavy atom. The Morgan fingerprint density at radius 2 is 1.75 bits per heavy atom. The van der Waals surface area contributed by atoms with Gasteiger partial charge in [-0.25, -0.2) is 0 Å². The number of nitrogens with one attached hydrogen (secondary N) is 1. The molecular formula is C25H29N3. The molecule has 0 amide bonds. The van der Waals surface area contributed by atoms with E-state index < -0.39 is 0 Å². The molecule has 0 bridgehead atoms. The molecule has 1 saturated carbocycles. The molecule has 0 radical (unpaired) electrons. The topological polar surface area (TPSA) is 53.1 Å². The molecule has 2 atom stereocenters. The van der Waals surface area contributed by atoms with E-state index in [1.807, 2.05) is 12.1 Å². The molecule has 3 aromatic rings. The van der Waals surface area contributed by atoms with Crippen molar-refractivity contribution in [1.82, 2.24) is 0 Å². The van der Waals surface area contributed by atoms with E-state index in [0.29, 0.717) is 12.0 Å². The first kappa shape index (κ1) is 18.5. The maximum Gasteiger partial charge on any atom is 0.122 e. The highest BCUT2D eigenvalue weighted by atomic mass is 15.2. The lowest BCUT2D eigenvalue weighted by atomic mass is 9.80. The molecule has 28 heavy (non-hydrogen) atoms. The first-order valence-electron chi connectivity index (χ1n) is 10.4. The third-order valence-electron chi connectivity index (χ3n) is 6.20. The number of nitrogens with two attached hydrogens (primary N) is 1. The number of nitrogen functional groups attached to an aromatic ring is 1. The van der Waals surface area contributed by atoms with Crippen molar-refractivity contribution in [2.45, 2.75) is 44.6 Å². The molecule has 144 valence electrons. The summed E-state index contributed by atoms with van der Waals surface area (Å²) in [4.78, 5) is 2.61. The number of nitrogens with zero attached hydrogens (tertiary/aromatic N) is 1. The van der Waals surface area contributed by atoms with Gasteiger partial charge in [0.05, 0.1) is 0 Å². The van der Waals surface area contributed by atoms with Crippen LogP contribution in [0.2, 0.25) is 0 Å². The van der Waals surface area contributed by atoms with Crippen LogP contribution in [0.15, 0.2) is 66.7 Å². The van der Waals surface area contributed by atoms with Crippen LogP contribution >= 0.6 is 0 Å². The summed E-state index contributed by atoms with van der Waals surface area (Å²) >= 11 is 0. The highest BCUT2D eigenvalue weighted by Gasteiger charge is 2.28. The lowest BCUT2D eigenvalue weighted by Crippen LogP contribution is -2.38. The molecule has 1 fully saturated rings. The van der Waals surface area contributed by atoms with Crippen LogP contribution in [-0.2, 0) is 0 Å². The summed E-state index contributed by atoms with van der Waals surface area (Å²) in [6, 6.07) is 24.2. The van der Waals surface area contributed by atoms with Crippen molar-refractivity contribution in [2.24, 2.45) is 5.73 Å². The van der Waals surface area contributed by atoms with Crippen LogP contribution in [0.25, 0.3) is 10.8 Å². The molecule has 3 heteroatoms. The zero-order valence-electron chi connectivity index (χ0n) is 16.6. The van der Waals surface area contributed by atoms with Crippen LogP contribution in [0.5, 0.6) is 0 Å². The smallest absolute Gasteiger partial charge is 0.122 e. The monoisotopic (exact) mass is 371 g/mol. The predicted molar refractivity (Wildman–Crippen MR) is 119 cm³/mol. The van der Waals surface area contributed by atoms with Gasteiger partial charge in [-0.2, -0.15) is 0 Å². The van der Waals surface area contributed by atoms with Gasteiger partial charge in [-0.05, 0) is 49.1 Å². The fourth-order valence-corrected chi connectivity index (χ4v) is 4.77. The summed E-state index contributed by atoms with van der Waals surface area (Å²) in [5, 5.41) is 10.3. The normalized spacial score (nSPS) is 19.5. The maximum atomic E-state index is 7.60. The predicted octanol–water partition coefficient (Wildman–Crippen LogP) is 5.68. The molecule has 2 unspecified atom stereocenters. The van der Waals surface area contributed by atoms with Crippen LogP contribution in [0.4, 0.5) is 5.69 Å². The zero-order chi connectivity index (χ0) is 19.5. The lowest BCUT2D eigenvalue weighted by Gasteiger charge is -2.39.